The zero-order valence-corrected chi connectivity index (χ0v) is 13.2. The van der Waals surface area contributed by atoms with Crippen molar-refractivity contribution in [3.8, 4) is 0 Å². The Morgan fingerprint density at radius 2 is 2.20 bits per heavy atom. The quantitative estimate of drug-likeness (QED) is 0.801. The number of piperazine rings is 1. The molecule has 0 radical (unpaired) electrons. The van der Waals surface area contributed by atoms with Crippen molar-refractivity contribution in [1.82, 2.24) is 10.2 Å². The third-order valence-electron chi connectivity index (χ3n) is 4.94. The molecule has 1 saturated carbocycles. The largest absolute Gasteiger partial charge is 0.465 e. The van der Waals surface area contributed by atoms with E-state index in [0.29, 0.717) is 12.6 Å². The highest BCUT2D eigenvalue weighted by molar-refractivity contribution is 5.76. The summed E-state index contributed by atoms with van der Waals surface area (Å²) in [5.74, 6) is 1.51. The summed E-state index contributed by atoms with van der Waals surface area (Å²) >= 11 is 0. The third-order valence-corrected chi connectivity index (χ3v) is 4.94. The molecule has 0 bridgehead atoms. The van der Waals surface area contributed by atoms with E-state index in [2.05, 4.69) is 24.1 Å². The molecule has 20 heavy (non-hydrogen) atoms. The predicted octanol–water partition coefficient (Wildman–Crippen LogP) is 2.04. The van der Waals surface area contributed by atoms with E-state index in [4.69, 9.17) is 4.74 Å². The second-order valence-electron chi connectivity index (χ2n) is 6.53. The summed E-state index contributed by atoms with van der Waals surface area (Å²) in [6, 6.07) is 0.479. The van der Waals surface area contributed by atoms with E-state index in [-0.39, 0.29) is 12.0 Å². The Balaban J connectivity index is 2.01. The number of carbonyl (C=O) groups excluding carboxylic acids is 1. The van der Waals surface area contributed by atoms with E-state index < -0.39 is 0 Å². The topological polar surface area (TPSA) is 41.6 Å². The van der Waals surface area contributed by atoms with Gasteiger partial charge in [0.15, 0.2) is 0 Å². The summed E-state index contributed by atoms with van der Waals surface area (Å²) in [6.07, 6.45) is 5.13. The molecule has 1 N–H and O–H groups in total. The molecular formula is C16H30N2O2. The maximum absolute atomic E-state index is 12.2. The van der Waals surface area contributed by atoms with Crippen molar-refractivity contribution in [2.24, 2.45) is 11.8 Å². The first-order chi connectivity index (χ1) is 9.63. The first kappa shape index (κ1) is 15.8. The van der Waals surface area contributed by atoms with Crippen LogP contribution in [0.15, 0.2) is 0 Å². The van der Waals surface area contributed by atoms with E-state index in [1.54, 1.807) is 0 Å². The molecule has 3 unspecified atom stereocenters. The molecule has 0 aromatic rings. The van der Waals surface area contributed by atoms with Crippen molar-refractivity contribution in [3.05, 3.63) is 0 Å². The molecule has 1 saturated heterocycles. The Morgan fingerprint density at radius 3 is 2.90 bits per heavy atom. The highest BCUT2D eigenvalue weighted by Gasteiger charge is 2.37. The molecular weight excluding hydrogens is 252 g/mol. The van der Waals surface area contributed by atoms with Gasteiger partial charge in [-0.1, -0.05) is 26.7 Å². The van der Waals surface area contributed by atoms with Crippen LogP contribution in [0.4, 0.5) is 0 Å². The molecule has 3 atom stereocenters. The molecule has 2 aliphatic rings. The van der Waals surface area contributed by atoms with Crippen molar-refractivity contribution < 1.29 is 9.53 Å². The lowest BCUT2D eigenvalue weighted by atomic mass is 9.78. The van der Waals surface area contributed by atoms with Gasteiger partial charge in [-0.3, -0.25) is 9.69 Å². The van der Waals surface area contributed by atoms with E-state index >= 15 is 0 Å². The summed E-state index contributed by atoms with van der Waals surface area (Å²) in [5, 5.41) is 3.33. The summed E-state index contributed by atoms with van der Waals surface area (Å²) in [6.45, 7) is 9.71. The molecule has 0 aromatic carbocycles. The van der Waals surface area contributed by atoms with Crippen LogP contribution >= 0.6 is 0 Å². The van der Waals surface area contributed by atoms with Crippen LogP contribution in [-0.2, 0) is 9.53 Å². The van der Waals surface area contributed by atoms with Gasteiger partial charge in [0.05, 0.1) is 6.61 Å². The highest BCUT2D eigenvalue weighted by Crippen LogP contribution is 2.33. The molecule has 1 heterocycles. The van der Waals surface area contributed by atoms with Crippen LogP contribution in [0.5, 0.6) is 0 Å². The summed E-state index contributed by atoms with van der Waals surface area (Å²) in [7, 11) is 0. The van der Waals surface area contributed by atoms with Crippen LogP contribution in [0.25, 0.3) is 0 Å². The van der Waals surface area contributed by atoms with Crippen LogP contribution < -0.4 is 5.32 Å². The minimum atomic E-state index is -0.0837. The molecule has 0 aromatic heterocycles. The SMILES string of the molecule is CCOC(=O)C1CNCCN1C1CCCC(C(C)C)C1. The molecule has 0 spiro atoms. The van der Waals surface area contributed by atoms with Gasteiger partial charge in [-0.25, -0.2) is 0 Å². The zero-order valence-electron chi connectivity index (χ0n) is 13.2. The van der Waals surface area contributed by atoms with E-state index in [0.717, 1.165) is 31.5 Å². The third kappa shape index (κ3) is 3.73. The Morgan fingerprint density at radius 1 is 1.40 bits per heavy atom. The fourth-order valence-electron chi connectivity index (χ4n) is 3.72. The summed E-state index contributed by atoms with van der Waals surface area (Å²) in [4.78, 5) is 14.6. The summed E-state index contributed by atoms with van der Waals surface area (Å²) < 4.78 is 5.26. The Kier molecular flexibility index (Phi) is 5.85. The van der Waals surface area contributed by atoms with E-state index in [9.17, 15) is 4.79 Å². The standard InChI is InChI=1S/C16H30N2O2/c1-4-20-16(19)15-11-17-8-9-18(15)14-7-5-6-13(10-14)12(2)3/h12-15,17H,4-11H2,1-3H3. The van der Waals surface area contributed by atoms with E-state index in [1.807, 2.05) is 6.92 Å². The van der Waals surface area contributed by atoms with Gasteiger partial charge in [-0.05, 0) is 31.6 Å². The molecule has 2 fully saturated rings. The first-order valence-corrected chi connectivity index (χ1v) is 8.26. The molecule has 2 rings (SSSR count). The minimum absolute atomic E-state index is 0.0497. The number of hydrogen-bond acceptors (Lipinski definition) is 4. The van der Waals surface area contributed by atoms with Gasteiger partial charge in [-0.2, -0.15) is 0 Å². The summed E-state index contributed by atoms with van der Waals surface area (Å²) in [5.41, 5.74) is 0. The average molecular weight is 282 g/mol. The van der Waals surface area contributed by atoms with Crippen LogP contribution in [0.3, 0.4) is 0 Å². The van der Waals surface area contributed by atoms with Gasteiger partial charge in [0.25, 0.3) is 0 Å². The molecule has 0 amide bonds. The molecule has 4 heteroatoms. The smallest absolute Gasteiger partial charge is 0.324 e. The fraction of sp³-hybridized carbons (Fsp3) is 0.938. The van der Waals surface area contributed by atoms with Gasteiger partial charge in [0.2, 0.25) is 0 Å². The number of esters is 1. The van der Waals surface area contributed by atoms with Crippen LogP contribution in [-0.4, -0.2) is 49.2 Å². The maximum atomic E-state index is 12.2. The predicted molar refractivity (Wildman–Crippen MR) is 80.6 cm³/mol. The van der Waals surface area contributed by atoms with Gasteiger partial charge in [0, 0.05) is 25.7 Å². The van der Waals surface area contributed by atoms with E-state index in [1.165, 1.54) is 25.7 Å². The average Bonchev–Trinajstić information content (AvgIpc) is 2.47. The molecule has 1 aliphatic carbocycles. The van der Waals surface area contributed by atoms with Gasteiger partial charge in [0.1, 0.15) is 6.04 Å². The lowest BCUT2D eigenvalue weighted by Gasteiger charge is -2.44. The van der Waals surface area contributed by atoms with Crippen molar-refractivity contribution in [2.45, 2.75) is 58.5 Å². The highest BCUT2D eigenvalue weighted by atomic mass is 16.5. The van der Waals surface area contributed by atoms with Crippen molar-refractivity contribution >= 4 is 5.97 Å². The fourth-order valence-corrected chi connectivity index (χ4v) is 3.72. The number of nitrogens with one attached hydrogen (secondary N) is 1. The first-order valence-electron chi connectivity index (χ1n) is 8.26. The number of nitrogens with zero attached hydrogens (tertiary/aromatic N) is 1. The normalized spacial score (nSPS) is 32.3. The Labute approximate surface area is 123 Å². The van der Waals surface area contributed by atoms with Gasteiger partial charge < -0.3 is 10.1 Å². The number of carbonyl (C=O) groups is 1. The second-order valence-corrected chi connectivity index (χ2v) is 6.53. The second kappa shape index (κ2) is 7.41. The van der Waals surface area contributed by atoms with Crippen LogP contribution in [0.2, 0.25) is 0 Å². The molecule has 1 aliphatic heterocycles. The van der Waals surface area contributed by atoms with Crippen molar-refractivity contribution in [1.29, 1.82) is 0 Å². The van der Waals surface area contributed by atoms with Crippen molar-refractivity contribution in [2.75, 3.05) is 26.2 Å². The number of rotatable bonds is 4. The van der Waals surface area contributed by atoms with Gasteiger partial charge >= 0.3 is 5.97 Å². The molecule has 4 nitrogen and oxygen atoms in total. The minimum Gasteiger partial charge on any atom is -0.465 e. The molecule has 116 valence electrons. The van der Waals surface area contributed by atoms with Crippen LogP contribution in [0, 0.1) is 11.8 Å². The number of hydrogen-bond donors (Lipinski definition) is 1. The lowest BCUT2D eigenvalue weighted by Crippen LogP contribution is -2.59. The van der Waals surface area contributed by atoms with Crippen molar-refractivity contribution in [3.63, 3.8) is 0 Å². The van der Waals surface area contributed by atoms with Gasteiger partial charge in [-0.15, -0.1) is 0 Å². The number of ether oxygens (including phenoxy) is 1. The monoisotopic (exact) mass is 282 g/mol. The Bertz CT molecular complexity index is 320. The maximum Gasteiger partial charge on any atom is 0.324 e. The van der Waals surface area contributed by atoms with Crippen LogP contribution in [0.1, 0.15) is 46.5 Å². The lowest BCUT2D eigenvalue weighted by molar-refractivity contribution is -0.152. The Hall–Kier alpha value is -0.610. The zero-order chi connectivity index (χ0) is 14.5.